The Morgan fingerprint density at radius 1 is 1.67 bits per heavy atom. The molecular weight excluding hydrogens is 258 g/mol. The zero-order valence-electron chi connectivity index (χ0n) is 8.84. The fraction of sp³-hybridized carbons (Fsp3) is 0.400. The lowest BCUT2D eigenvalue weighted by atomic mass is 10.1. The van der Waals surface area contributed by atoms with Crippen LogP contribution in [-0.4, -0.2) is 15.3 Å². The van der Waals surface area contributed by atoms with Crippen molar-refractivity contribution in [2.75, 3.05) is 5.32 Å². The molecule has 0 saturated heterocycles. The normalized spacial score (nSPS) is 10.9. The molecule has 0 atom stereocenters. The molecule has 0 aromatic carbocycles. The van der Waals surface area contributed by atoms with Crippen LogP contribution < -0.4 is 10.9 Å². The van der Waals surface area contributed by atoms with Gasteiger partial charge in [-0.2, -0.15) is 5.10 Å². The van der Waals surface area contributed by atoms with Crippen LogP contribution in [0.25, 0.3) is 0 Å². The van der Waals surface area contributed by atoms with Gasteiger partial charge in [0.25, 0.3) is 5.56 Å². The molecule has 0 saturated carbocycles. The zero-order chi connectivity index (χ0) is 11.6. The smallest absolute Gasteiger partial charge is 0.282 e. The van der Waals surface area contributed by atoms with Crippen molar-refractivity contribution in [3.05, 3.63) is 21.0 Å². The van der Waals surface area contributed by atoms with Gasteiger partial charge in [-0.3, -0.25) is 4.79 Å². The minimum atomic E-state index is -0.517. The summed E-state index contributed by atoms with van der Waals surface area (Å²) < 4.78 is 1.68. The Kier molecular flexibility index (Phi) is 3.20. The quantitative estimate of drug-likeness (QED) is 0.825. The van der Waals surface area contributed by atoms with Gasteiger partial charge in [0.15, 0.2) is 0 Å². The van der Waals surface area contributed by atoms with E-state index in [0.717, 1.165) is 0 Å². The lowest BCUT2D eigenvalue weighted by Gasteiger charge is -2.21. The lowest BCUT2D eigenvalue weighted by molar-refractivity contribution is 0.692. The molecule has 0 aliphatic carbocycles. The summed E-state index contributed by atoms with van der Waals surface area (Å²) in [6, 6.07) is 0. The summed E-state index contributed by atoms with van der Waals surface area (Å²) in [5.74, 6) is 2.58. The second kappa shape index (κ2) is 4.07. The van der Waals surface area contributed by atoms with E-state index in [2.05, 4.69) is 32.3 Å². The molecule has 4 nitrogen and oxygen atoms in total. The standard InChI is InChI=1S/C10H12BrN3O/c1-5-10(2,3)13-7-6-12-14(4)9(15)8(7)11/h1,6,13H,2-4H3. The van der Waals surface area contributed by atoms with Crippen LogP contribution in [0.5, 0.6) is 0 Å². The molecule has 1 aromatic heterocycles. The summed E-state index contributed by atoms with van der Waals surface area (Å²) in [5.41, 5.74) is -0.120. The van der Waals surface area contributed by atoms with E-state index in [1.165, 1.54) is 4.68 Å². The Morgan fingerprint density at radius 3 is 2.80 bits per heavy atom. The first-order valence-electron chi connectivity index (χ1n) is 4.35. The maximum absolute atomic E-state index is 11.5. The first kappa shape index (κ1) is 11.8. The van der Waals surface area contributed by atoms with Crippen LogP contribution in [-0.2, 0) is 7.05 Å². The van der Waals surface area contributed by atoms with E-state index in [4.69, 9.17) is 6.42 Å². The highest BCUT2D eigenvalue weighted by Crippen LogP contribution is 2.20. The van der Waals surface area contributed by atoms with Crippen LogP contribution in [0.4, 0.5) is 5.69 Å². The van der Waals surface area contributed by atoms with E-state index in [9.17, 15) is 4.79 Å². The van der Waals surface area contributed by atoms with Gasteiger partial charge in [-0.05, 0) is 29.8 Å². The number of terminal acetylenes is 1. The van der Waals surface area contributed by atoms with Gasteiger partial charge in [-0.25, -0.2) is 4.68 Å². The molecule has 15 heavy (non-hydrogen) atoms. The van der Waals surface area contributed by atoms with Gasteiger partial charge >= 0.3 is 0 Å². The summed E-state index contributed by atoms with van der Waals surface area (Å²) in [5, 5.41) is 6.95. The predicted molar refractivity (Wildman–Crippen MR) is 63.7 cm³/mol. The Bertz CT molecular complexity index is 471. The van der Waals surface area contributed by atoms with Crippen molar-refractivity contribution < 1.29 is 0 Å². The molecule has 0 aliphatic rings. The Hall–Kier alpha value is -1.28. The molecule has 0 radical (unpaired) electrons. The SMILES string of the molecule is C#CC(C)(C)Nc1cnn(C)c(=O)c1Br. The first-order chi connectivity index (χ1) is 6.87. The van der Waals surface area contributed by atoms with Crippen molar-refractivity contribution in [3.8, 4) is 12.3 Å². The lowest BCUT2D eigenvalue weighted by Crippen LogP contribution is -2.31. The van der Waals surface area contributed by atoms with Crippen molar-refractivity contribution in [2.45, 2.75) is 19.4 Å². The summed E-state index contributed by atoms with van der Waals surface area (Å²) >= 11 is 3.21. The molecule has 1 N–H and O–H groups in total. The van der Waals surface area contributed by atoms with E-state index in [1.54, 1.807) is 13.2 Å². The fourth-order valence-corrected chi connectivity index (χ4v) is 1.43. The number of hydrogen-bond acceptors (Lipinski definition) is 3. The van der Waals surface area contributed by atoms with Gasteiger partial charge < -0.3 is 5.32 Å². The predicted octanol–water partition coefficient (Wildman–Crippen LogP) is 1.37. The number of halogens is 1. The van der Waals surface area contributed by atoms with Crippen LogP contribution >= 0.6 is 15.9 Å². The minimum absolute atomic E-state index is 0.201. The molecule has 0 aliphatic heterocycles. The minimum Gasteiger partial charge on any atom is -0.367 e. The molecule has 1 rings (SSSR count). The van der Waals surface area contributed by atoms with Crippen molar-refractivity contribution in [2.24, 2.45) is 7.05 Å². The number of rotatable bonds is 2. The van der Waals surface area contributed by atoms with Gasteiger partial charge in [0, 0.05) is 7.05 Å². The van der Waals surface area contributed by atoms with Crippen LogP contribution in [0.3, 0.4) is 0 Å². The largest absolute Gasteiger partial charge is 0.367 e. The fourth-order valence-electron chi connectivity index (χ4n) is 0.971. The number of nitrogens with zero attached hydrogens (tertiary/aromatic N) is 2. The van der Waals surface area contributed by atoms with Gasteiger partial charge in [-0.15, -0.1) is 6.42 Å². The van der Waals surface area contributed by atoms with E-state index in [-0.39, 0.29) is 5.56 Å². The Balaban J connectivity index is 3.15. The average Bonchev–Trinajstić information content (AvgIpc) is 2.19. The van der Waals surface area contributed by atoms with E-state index in [1.807, 2.05) is 13.8 Å². The van der Waals surface area contributed by atoms with Crippen molar-refractivity contribution in [3.63, 3.8) is 0 Å². The molecule has 0 unspecified atom stereocenters. The highest BCUT2D eigenvalue weighted by Gasteiger charge is 2.16. The number of nitrogens with one attached hydrogen (secondary N) is 1. The van der Waals surface area contributed by atoms with Gasteiger partial charge in [0.05, 0.1) is 17.4 Å². The molecule has 1 aromatic rings. The van der Waals surface area contributed by atoms with Crippen LogP contribution in [0, 0.1) is 12.3 Å². The highest BCUT2D eigenvalue weighted by molar-refractivity contribution is 9.10. The number of aromatic nitrogens is 2. The van der Waals surface area contributed by atoms with Crippen LogP contribution in [0.15, 0.2) is 15.5 Å². The van der Waals surface area contributed by atoms with Crippen molar-refractivity contribution in [1.82, 2.24) is 9.78 Å². The third-order valence-electron chi connectivity index (χ3n) is 1.89. The van der Waals surface area contributed by atoms with Crippen LogP contribution in [0.1, 0.15) is 13.8 Å². The van der Waals surface area contributed by atoms with Crippen molar-refractivity contribution >= 4 is 21.6 Å². The second-order valence-electron chi connectivity index (χ2n) is 3.70. The summed E-state index contributed by atoms with van der Waals surface area (Å²) in [6.45, 7) is 3.69. The van der Waals surface area contributed by atoms with Gasteiger partial charge in [0.2, 0.25) is 0 Å². The Morgan fingerprint density at radius 2 is 2.27 bits per heavy atom. The van der Waals surface area contributed by atoms with Gasteiger partial charge in [0.1, 0.15) is 4.47 Å². The molecule has 0 spiro atoms. The Labute approximate surface area is 96.8 Å². The van der Waals surface area contributed by atoms with Gasteiger partial charge in [-0.1, -0.05) is 5.92 Å². The van der Waals surface area contributed by atoms with E-state index < -0.39 is 5.54 Å². The molecule has 80 valence electrons. The number of anilines is 1. The third-order valence-corrected chi connectivity index (χ3v) is 2.65. The van der Waals surface area contributed by atoms with E-state index >= 15 is 0 Å². The zero-order valence-corrected chi connectivity index (χ0v) is 10.4. The number of aryl methyl sites for hydroxylation is 1. The summed E-state index contributed by atoms with van der Waals surface area (Å²) in [7, 11) is 1.59. The first-order valence-corrected chi connectivity index (χ1v) is 5.14. The molecule has 0 amide bonds. The number of hydrogen-bond donors (Lipinski definition) is 1. The molecule has 0 fully saturated rings. The van der Waals surface area contributed by atoms with Crippen molar-refractivity contribution in [1.29, 1.82) is 0 Å². The molecule has 5 heteroatoms. The van der Waals surface area contributed by atoms with E-state index in [0.29, 0.717) is 10.2 Å². The average molecular weight is 270 g/mol. The summed E-state index contributed by atoms with van der Waals surface area (Å²) in [6.07, 6.45) is 6.90. The van der Waals surface area contributed by atoms with Crippen LogP contribution in [0.2, 0.25) is 0 Å². The molecule has 1 heterocycles. The summed E-state index contributed by atoms with van der Waals surface area (Å²) in [4.78, 5) is 11.5. The second-order valence-corrected chi connectivity index (χ2v) is 4.49. The topological polar surface area (TPSA) is 46.9 Å². The maximum atomic E-state index is 11.5. The maximum Gasteiger partial charge on any atom is 0.282 e. The molecule has 0 bridgehead atoms. The molecular formula is C10H12BrN3O. The third kappa shape index (κ3) is 2.60. The monoisotopic (exact) mass is 269 g/mol. The highest BCUT2D eigenvalue weighted by atomic mass is 79.9.